The second kappa shape index (κ2) is 4.03. The van der Waals surface area contributed by atoms with Crippen molar-refractivity contribution in [3.8, 4) is 0 Å². The molecule has 0 bridgehead atoms. The molecule has 2 nitrogen and oxygen atoms in total. The Morgan fingerprint density at radius 1 is 1.53 bits per heavy atom. The lowest BCUT2D eigenvalue weighted by atomic mass is 10.1. The highest BCUT2D eigenvalue weighted by Gasteiger charge is 2.16. The average molecular weight is 397 g/mol. The van der Waals surface area contributed by atoms with Gasteiger partial charge in [0, 0.05) is 23.0 Å². The molecule has 0 amide bonds. The van der Waals surface area contributed by atoms with Gasteiger partial charge in [-0.15, -0.1) is 11.3 Å². The van der Waals surface area contributed by atoms with Gasteiger partial charge < -0.3 is 5.11 Å². The Kier molecular flexibility index (Phi) is 3.05. The standard InChI is InChI=1S/C10H6BrIO2S/c1-4-9(10(13)14)5-2-7(12)6(11)3-8(5)15-4/h2-3H,1H3,(H,13,14). The second-order valence-electron chi connectivity index (χ2n) is 3.10. The molecule has 5 heteroatoms. The summed E-state index contributed by atoms with van der Waals surface area (Å²) in [6.07, 6.45) is 0. The van der Waals surface area contributed by atoms with Crippen molar-refractivity contribution >= 4 is 65.9 Å². The zero-order valence-electron chi connectivity index (χ0n) is 7.67. The Bertz CT molecular complexity index is 562. The van der Waals surface area contributed by atoms with E-state index in [1.165, 1.54) is 11.3 Å². The van der Waals surface area contributed by atoms with Gasteiger partial charge in [-0.05, 0) is 57.6 Å². The predicted octanol–water partition coefficient (Wildman–Crippen LogP) is 4.28. The Morgan fingerprint density at radius 2 is 2.20 bits per heavy atom. The summed E-state index contributed by atoms with van der Waals surface area (Å²) in [5.74, 6) is -0.850. The van der Waals surface area contributed by atoms with Crippen LogP contribution in [0.15, 0.2) is 16.6 Å². The smallest absolute Gasteiger partial charge is 0.337 e. The number of thiophene rings is 1. The third kappa shape index (κ3) is 1.92. The molecule has 0 aliphatic heterocycles. The maximum absolute atomic E-state index is 11.1. The van der Waals surface area contributed by atoms with Gasteiger partial charge in [0.2, 0.25) is 0 Å². The monoisotopic (exact) mass is 396 g/mol. The summed E-state index contributed by atoms with van der Waals surface area (Å²) in [6, 6.07) is 3.88. The summed E-state index contributed by atoms with van der Waals surface area (Å²) in [5, 5.41) is 9.94. The number of carboxylic acids is 1. The van der Waals surface area contributed by atoms with Crippen LogP contribution < -0.4 is 0 Å². The van der Waals surface area contributed by atoms with E-state index in [4.69, 9.17) is 5.11 Å². The zero-order valence-corrected chi connectivity index (χ0v) is 12.2. The van der Waals surface area contributed by atoms with E-state index >= 15 is 0 Å². The molecule has 0 fully saturated rings. The van der Waals surface area contributed by atoms with Crippen LogP contribution in [0.5, 0.6) is 0 Å². The van der Waals surface area contributed by atoms with E-state index in [1.54, 1.807) is 0 Å². The fraction of sp³-hybridized carbons (Fsp3) is 0.100. The van der Waals surface area contributed by atoms with Crippen molar-refractivity contribution in [3.05, 3.63) is 30.6 Å². The molecule has 78 valence electrons. The minimum Gasteiger partial charge on any atom is -0.478 e. The Morgan fingerprint density at radius 3 is 2.80 bits per heavy atom. The topological polar surface area (TPSA) is 37.3 Å². The summed E-state index contributed by atoms with van der Waals surface area (Å²) >= 11 is 7.14. The predicted molar refractivity (Wildman–Crippen MR) is 73.9 cm³/mol. The lowest BCUT2D eigenvalue weighted by Crippen LogP contribution is -1.96. The molecule has 0 saturated heterocycles. The van der Waals surface area contributed by atoms with Crippen molar-refractivity contribution in [2.75, 3.05) is 0 Å². The van der Waals surface area contributed by atoms with Crippen LogP contribution in [0.4, 0.5) is 0 Å². The first kappa shape index (κ1) is 11.3. The molecule has 0 radical (unpaired) electrons. The van der Waals surface area contributed by atoms with E-state index in [0.29, 0.717) is 5.56 Å². The summed E-state index contributed by atoms with van der Waals surface area (Å²) < 4.78 is 3.05. The van der Waals surface area contributed by atoms with E-state index < -0.39 is 5.97 Å². The average Bonchev–Trinajstić information content (AvgIpc) is 2.41. The molecule has 2 aromatic rings. The number of rotatable bonds is 1. The molecular weight excluding hydrogens is 391 g/mol. The van der Waals surface area contributed by atoms with Gasteiger partial charge in [0.25, 0.3) is 0 Å². The van der Waals surface area contributed by atoms with Gasteiger partial charge in [-0.2, -0.15) is 0 Å². The van der Waals surface area contributed by atoms with E-state index in [1.807, 2.05) is 19.1 Å². The molecule has 0 unspecified atom stereocenters. The van der Waals surface area contributed by atoms with Crippen molar-refractivity contribution in [3.63, 3.8) is 0 Å². The van der Waals surface area contributed by atoms with Gasteiger partial charge >= 0.3 is 5.97 Å². The van der Waals surface area contributed by atoms with Gasteiger partial charge in [0.1, 0.15) is 0 Å². The fourth-order valence-corrected chi connectivity index (χ4v) is 3.52. The largest absolute Gasteiger partial charge is 0.478 e. The highest BCUT2D eigenvalue weighted by atomic mass is 127. The zero-order chi connectivity index (χ0) is 11.2. The van der Waals surface area contributed by atoms with Gasteiger partial charge in [-0.1, -0.05) is 0 Å². The number of hydrogen-bond acceptors (Lipinski definition) is 2. The minimum atomic E-state index is -0.850. The van der Waals surface area contributed by atoms with E-state index in [9.17, 15) is 4.79 Å². The first-order chi connectivity index (χ1) is 7.00. The molecule has 1 N–H and O–H groups in total. The van der Waals surface area contributed by atoms with Gasteiger partial charge in [-0.3, -0.25) is 0 Å². The molecule has 0 atom stereocenters. The van der Waals surface area contributed by atoms with Crippen molar-refractivity contribution in [1.29, 1.82) is 0 Å². The van der Waals surface area contributed by atoms with Gasteiger partial charge in [0.15, 0.2) is 0 Å². The van der Waals surface area contributed by atoms with E-state index in [-0.39, 0.29) is 0 Å². The summed E-state index contributed by atoms with van der Waals surface area (Å²) in [5.41, 5.74) is 0.431. The molecule has 0 saturated carbocycles. The minimum absolute atomic E-state index is 0.431. The molecule has 1 heterocycles. The molecule has 0 aliphatic rings. The molecule has 1 aromatic heterocycles. The maximum Gasteiger partial charge on any atom is 0.337 e. The van der Waals surface area contributed by atoms with Crippen LogP contribution in [-0.4, -0.2) is 11.1 Å². The highest BCUT2D eigenvalue weighted by molar-refractivity contribution is 14.1. The fourth-order valence-electron chi connectivity index (χ4n) is 1.48. The number of carbonyl (C=O) groups is 1. The third-order valence-corrected chi connectivity index (χ3v) is 5.48. The normalized spacial score (nSPS) is 10.9. The summed E-state index contributed by atoms with van der Waals surface area (Å²) in [4.78, 5) is 11.9. The number of aromatic carboxylic acids is 1. The van der Waals surface area contributed by atoms with Crippen molar-refractivity contribution in [1.82, 2.24) is 0 Å². The van der Waals surface area contributed by atoms with Crippen LogP contribution in [-0.2, 0) is 0 Å². The van der Waals surface area contributed by atoms with Gasteiger partial charge in [0.05, 0.1) is 5.56 Å². The van der Waals surface area contributed by atoms with Crippen molar-refractivity contribution in [2.45, 2.75) is 6.92 Å². The van der Waals surface area contributed by atoms with Crippen molar-refractivity contribution in [2.24, 2.45) is 0 Å². The number of fused-ring (bicyclic) bond motifs is 1. The molecule has 0 aliphatic carbocycles. The number of benzene rings is 1. The first-order valence-corrected chi connectivity index (χ1v) is 6.81. The van der Waals surface area contributed by atoms with Crippen LogP contribution in [0.25, 0.3) is 10.1 Å². The molecular formula is C10H6BrIO2S. The van der Waals surface area contributed by atoms with Crippen LogP contribution in [0.1, 0.15) is 15.2 Å². The molecule has 0 spiro atoms. The maximum atomic E-state index is 11.1. The SMILES string of the molecule is Cc1sc2cc(Br)c(I)cc2c1C(=O)O. The van der Waals surface area contributed by atoms with Crippen LogP contribution in [0, 0.1) is 10.5 Å². The number of halogens is 2. The lowest BCUT2D eigenvalue weighted by molar-refractivity contribution is 0.0699. The number of aryl methyl sites for hydroxylation is 1. The molecule has 1 aromatic carbocycles. The third-order valence-electron chi connectivity index (χ3n) is 2.12. The number of carboxylic acid groups (broad SMARTS) is 1. The van der Waals surface area contributed by atoms with E-state index in [0.717, 1.165) is 23.0 Å². The second-order valence-corrected chi connectivity index (χ2v) is 6.37. The highest BCUT2D eigenvalue weighted by Crippen LogP contribution is 2.35. The Labute approximate surface area is 113 Å². The quantitative estimate of drug-likeness (QED) is 0.730. The molecule has 15 heavy (non-hydrogen) atoms. The molecule has 2 rings (SSSR count). The van der Waals surface area contributed by atoms with Crippen LogP contribution in [0.2, 0.25) is 0 Å². The Balaban J connectivity index is 2.87. The summed E-state index contributed by atoms with van der Waals surface area (Å²) in [6.45, 7) is 1.84. The summed E-state index contributed by atoms with van der Waals surface area (Å²) in [7, 11) is 0. The van der Waals surface area contributed by atoms with Gasteiger partial charge in [-0.25, -0.2) is 4.79 Å². The van der Waals surface area contributed by atoms with Crippen LogP contribution in [0.3, 0.4) is 0 Å². The van der Waals surface area contributed by atoms with E-state index in [2.05, 4.69) is 38.5 Å². The first-order valence-electron chi connectivity index (χ1n) is 4.12. The Hall–Kier alpha value is -0.140. The van der Waals surface area contributed by atoms with Crippen LogP contribution >= 0.6 is 49.9 Å². The number of hydrogen-bond donors (Lipinski definition) is 1. The lowest BCUT2D eigenvalue weighted by Gasteiger charge is -1.97. The van der Waals surface area contributed by atoms with Crippen molar-refractivity contribution < 1.29 is 9.90 Å².